The van der Waals surface area contributed by atoms with E-state index in [1.54, 1.807) is 25.6 Å². The lowest BCUT2D eigenvalue weighted by Gasteiger charge is -2.24. The van der Waals surface area contributed by atoms with Crippen molar-refractivity contribution in [3.8, 4) is 0 Å². The fourth-order valence-electron chi connectivity index (χ4n) is 3.96. The van der Waals surface area contributed by atoms with Gasteiger partial charge in [0.2, 0.25) is 5.91 Å². The summed E-state index contributed by atoms with van der Waals surface area (Å²) in [6.45, 7) is 4.91. The molecule has 1 aromatic heterocycles. The van der Waals surface area contributed by atoms with Crippen LogP contribution in [-0.2, 0) is 22.2 Å². The summed E-state index contributed by atoms with van der Waals surface area (Å²) in [5.41, 5.74) is 1.49. The van der Waals surface area contributed by atoms with E-state index in [-0.39, 0.29) is 6.54 Å². The number of anilines is 1. The van der Waals surface area contributed by atoms with Crippen LogP contribution < -0.4 is 10.6 Å². The van der Waals surface area contributed by atoms with Gasteiger partial charge in [-0.3, -0.25) is 19.2 Å². The van der Waals surface area contributed by atoms with Crippen molar-refractivity contribution < 1.29 is 14.4 Å². The summed E-state index contributed by atoms with van der Waals surface area (Å²) in [7, 11) is 1.78. The van der Waals surface area contributed by atoms with Crippen LogP contribution in [-0.4, -0.2) is 39.1 Å². The van der Waals surface area contributed by atoms with E-state index in [1.807, 2.05) is 49.4 Å². The molecule has 0 bridgehead atoms. The first-order valence-corrected chi connectivity index (χ1v) is 9.65. The van der Waals surface area contributed by atoms with Crippen LogP contribution in [0.3, 0.4) is 0 Å². The molecule has 1 aliphatic rings. The normalized spacial score (nSPS) is 18.7. The number of carbonyl (C=O) groups is 3. The summed E-state index contributed by atoms with van der Waals surface area (Å²) in [6.07, 6.45) is 0. The predicted octanol–water partition coefficient (Wildman–Crippen LogP) is 2.60. The van der Waals surface area contributed by atoms with E-state index in [1.165, 1.54) is 0 Å². The Labute approximate surface area is 173 Å². The van der Waals surface area contributed by atoms with Crippen molar-refractivity contribution in [1.82, 2.24) is 20.0 Å². The van der Waals surface area contributed by atoms with E-state index < -0.39 is 23.4 Å². The first-order chi connectivity index (χ1) is 14.2. The summed E-state index contributed by atoms with van der Waals surface area (Å²) in [6, 6.07) is 12.7. The molecule has 0 spiro atoms. The Morgan fingerprint density at radius 3 is 2.53 bits per heavy atom. The molecule has 0 unspecified atom stereocenters. The molecule has 8 nitrogen and oxygen atoms in total. The minimum absolute atomic E-state index is 0.376. The largest absolute Gasteiger partial charge is 0.325 e. The number of carbonyl (C=O) groups excluding carboxylic acids is 3. The molecule has 4 amide bonds. The van der Waals surface area contributed by atoms with E-state index in [0.29, 0.717) is 16.9 Å². The number of nitrogens with one attached hydrogen (secondary N) is 2. The molecule has 3 aromatic rings. The fourth-order valence-corrected chi connectivity index (χ4v) is 3.96. The van der Waals surface area contributed by atoms with Gasteiger partial charge >= 0.3 is 6.03 Å². The Balaban J connectivity index is 1.60. The van der Waals surface area contributed by atoms with E-state index in [9.17, 15) is 14.4 Å². The molecule has 30 heavy (non-hydrogen) atoms. The molecule has 1 saturated heterocycles. The fraction of sp³-hybridized carbons (Fsp3) is 0.273. The van der Waals surface area contributed by atoms with Gasteiger partial charge in [-0.1, -0.05) is 42.5 Å². The van der Waals surface area contributed by atoms with Crippen molar-refractivity contribution in [2.24, 2.45) is 7.05 Å². The molecule has 8 heteroatoms. The number of urea groups is 1. The highest BCUT2D eigenvalue weighted by Crippen LogP contribution is 2.33. The zero-order valence-corrected chi connectivity index (χ0v) is 17.3. The topological polar surface area (TPSA) is 96.3 Å². The van der Waals surface area contributed by atoms with Crippen molar-refractivity contribution in [3.63, 3.8) is 0 Å². The highest BCUT2D eigenvalue weighted by Gasteiger charge is 2.50. The standard InChI is InChI=1S/C22H23N5O3/c1-13-19(14(2)26(4)25-13)23-18(28)12-27-20(29)22(3,24-21(27)30)17-11-7-9-15-8-5-6-10-16(15)17/h5-11H,12H2,1-4H3,(H,23,28)(H,24,30)/t22-/m1/s1. The number of benzene rings is 2. The van der Waals surface area contributed by atoms with Gasteiger partial charge in [-0.05, 0) is 37.1 Å². The monoisotopic (exact) mass is 405 g/mol. The molecule has 0 aliphatic carbocycles. The third-order valence-corrected chi connectivity index (χ3v) is 5.68. The first-order valence-electron chi connectivity index (χ1n) is 9.65. The molecule has 0 saturated carbocycles. The van der Waals surface area contributed by atoms with Crippen LogP contribution in [0.25, 0.3) is 10.8 Å². The number of amides is 4. The summed E-state index contributed by atoms with van der Waals surface area (Å²) in [5, 5.41) is 11.7. The van der Waals surface area contributed by atoms with Crippen LogP contribution in [0.2, 0.25) is 0 Å². The Morgan fingerprint density at radius 1 is 1.13 bits per heavy atom. The second-order valence-corrected chi connectivity index (χ2v) is 7.69. The van der Waals surface area contributed by atoms with E-state index in [4.69, 9.17) is 0 Å². The molecule has 0 radical (unpaired) electrons. The molecular weight excluding hydrogens is 382 g/mol. The molecule has 1 aliphatic heterocycles. The molecule has 2 aromatic carbocycles. The number of hydrogen-bond acceptors (Lipinski definition) is 4. The maximum atomic E-state index is 13.3. The van der Waals surface area contributed by atoms with Gasteiger partial charge in [-0.15, -0.1) is 0 Å². The van der Waals surface area contributed by atoms with Crippen LogP contribution in [0.1, 0.15) is 23.9 Å². The average molecular weight is 405 g/mol. The lowest BCUT2D eigenvalue weighted by Crippen LogP contribution is -2.42. The van der Waals surface area contributed by atoms with Crippen molar-refractivity contribution in [1.29, 1.82) is 0 Å². The zero-order chi connectivity index (χ0) is 21.6. The smallest absolute Gasteiger partial charge is 0.321 e. The molecule has 2 heterocycles. The third-order valence-electron chi connectivity index (χ3n) is 5.68. The molecule has 1 fully saturated rings. The highest BCUT2D eigenvalue weighted by molar-refractivity contribution is 6.11. The van der Waals surface area contributed by atoms with Gasteiger partial charge in [0.1, 0.15) is 12.1 Å². The van der Waals surface area contributed by atoms with Crippen molar-refractivity contribution in [2.45, 2.75) is 26.3 Å². The minimum Gasteiger partial charge on any atom is -0.321 e. The number of rotatable bonds is 4. The molecule has 2 N–H and O–H groups in total. The Bertz CT molecular complexity index is 1190. The van der Waals surface area contributed by atoms with Gasteiger partial charge in [0, 0.05) is 7.05 Å². The van der Waals surface area contributed by atoms with Crippen molar-refractivity contribution >= 4 is 34.3 Å². The maximum Gasteiger partial charge on any atom is 0.325 e. The summed E-state index contributed by atoms with van der Waals surface area (Å²) < 4.78 is 1.66. The predicted molar refractivity (Wildman–Crippen MR) is 113 cm³/mol. The summed E-state index contributed by atoms with van der Waals surface area (Å²) in [4.78, 5) is 39.5. The molecular formula is C22H23N5O3. The Hall–Kier alpha value is -3.68. The lowest BCUT2D eigenvalue weighted by molar-refractivity contribution is -0.133. The lowest BCUT2D eigenvalue weighted by atomic mass is 9.88. The quantitative estimate of drug-likeness (QED) is 0.652. The van der Waals surface area contributed by atoms with E-state index in [0.717, 1.165) is 21.4 Å². The van der Waals surface area contributed by atoms with Gasteiger partial charge in [-0.2, -0.15) is 5.10 Å². The van der Waals surface area contributed by atoms with Crippen LogP contribution >= 0.6 is 0 Å². The Morgan fingerprint density at radius 2 is 1.83 bits per heavy atom. The number of nitrogens with zero attached hydrogens (tertiary/aromatic N) is 3. The van der Waals surface area contributed by atoms with E-state index >= 15 is 0 Å². The van der Waals surface area contributed by atoms with Crippen LogP contribution in [0.4, 0.5) is 10.5 Å². The number of imide groups is 1. The number of fused-ring (bicyclic) bond motifs is 1. The summed E-state index contributed by atoms with van der Waals surface area (Å²) >= 11 is 0. The zero-order valence-electron chi connectivity index (χ0n) is 17.3. The van der Waals surface area contributed by atoms with Crippen molar-refractivity contribution in [3.05, 3.63) is 59.4 Å². The molecule has 154 valence electrons. The third kappa shape index (κ3) is 3.01. The second kappa shape index (κ2) is 6.98. The summed E-state index contributed by atoms with van der Waals surface area (Å²) in [5.74, 6) is -0.918. The molecule has 4 rings (SSSR count). The van der Waals surface area contributed by atoms with Crippen LogP contribution in [0.5, 0.6) is 0 Å². The van der Waals surface area contributed by atoms with Crippen molar-refractivity contribution in [2.75, 3.05) is 11.9 Å². The average Bonchev–Trinajstić information content (AvgIpc) is 3.08. The van der Waals surface area contributed by atoms with Gasteiger partial charge in [0.25, 0.3) is 5.91 Å². The SMILES string of the molecule is Cc1nn(C)c(C)c1NC(=O)CN1C(=O)N[C@](C)(c2cccc3ccccc23)C1=O. The van der Waals surface area contributed by atoms with E-state index in [2.05, 4.69) is 15.7 Å². The second-order valence-electron chi connectivity index (χ2n) is 7.69. The maximum absolute atomic E-state index is 13.3. The van der Waals surface area contributed by atoms with Crippen LogP contribution in [0.15, 0.2) is 42.5 Å². The van der Waals surface area contributed by atoms with Gasteiger partial charge in [-0.25, -0.2) is 4.79 Å². The number of aryl methyl sites for hydroxylation is 2. The highest BCUT2D eigenvalue weighted by atomic mass is 16.2. The van der Waals surface area contributed by atoms with Gasteiger partial charge in [0.15, 0.2) is 0 Å². The Kier molecular flexibility index (Phi) is 4.57. The minimum atomic E-state index is -1.25. The molecule has 1 atom stereocenters. The number of aromatic nitrogens is 2. The van der Waals surface area contributed by atoms with Gasteiger partial charge < -0.3 is 10.6 Å². The number of hydrogen-bond donors (Lipinski definition) is 2. The van der Waals surface area contributed by atoms with Gasteiger partial charge in [0.05, 0.1) is 17.1 Å². The first kappa shape index (κ1) is 19.6. The van der Waals surface area contributed by atoms with Crippen LogP contribution in [0, 0.1) is 13.8 Å².